The molecule has 96 heavy (non-hydrogen) atoms. The molecule has 9 atom stereocenters. The number of carbonyl (C=O) groups is 3. The number of halogens is 3. The highest BCUT2D eigenvalue weighted by Gasteiger charge is 2.53. The smallest absolute Gasteiger partial charge is 0.257 e. The van der Waals surface area contributed by atoms with Crippen LogP contribution >= 0.6 is 0 Å². The zero-order valence-corrected chi connectivity index (χ0v) is 54.4. The summed E-state index contributed by atoms with van der Waals surface area (Å²) in [5, 5.41) is 0. The Bertz CT molecular complexity index is 4270. The van der Waals surface area contributed by atoms with Crippen LogP contribution in [0, 0.1) is 61.9 Å². The van der Waals surface area contributed by atoms with Crippen molar-refractivity contribution in [3.8, 4) is 34.2 Å². The van der Waals surface area contributed by atoms with E-state index in [9.17, 15) is 27.6 Å². The molecule has 9 unspecified atom stereocenters. The third kappa shape index (κ3) is 12.7. The molecule has 0 radical (unpaired) electrons. The van der Waals surface area contributed by atoms with Crippen LogP contribution in [0.5, 0.6) is 0 Å². The van der Waals surface area contributed by atoms with E-state index in [1.165, 1.54) is 31.0 Å². The molecule has 9 aromatic rings. The van der Waals surface area contributed by atoms with Gasteiger partial charge in [0, 0.05) is 102 Å². The van der Waals surface area contributed by atoms with Gasteiger partial charge in [-0.3, -0.25) is 14.4 Å². The minimum absolute atomic E-state index is 0.0229. The molecule has 4 aliphatic carbocycles. The van der Waals surface area contributed by atoms with E-state index in [-0.39, 0.29) is 82.3 Å². The van der Waals surface area contributed by atoms with Gasteiger partial charge in [-0.05, 0) is 179 Å². The molecule has 4 saturated carbocycles. The van der Waals surface area contributed by atoms with Crippen molar-refractivity contribution in [2.24, 2.45) is 23.7 Å². The first-order chi connectivity index (χ1) is 46.6. The fourth-order valence-corrected chi connectivity index (χ4v) is 15.7. The predicted molar refractivity (Wildman–Crippen MR) is 360 cm³/mol. The number of amides is 3. The highest BCUT2D eigenvalue weighted by atomic mass is 19.1. The molecule has 7 fully saturated rings. The van der Waals surface area contributed by atoms with Crippen LogP contribution in [0.3, 0.4) is 0 Å². The lowest BCUT2D eigenvalue weighted by Crippen LogP contribution is -2.53. The van der Waals surface area contributed by atoms with Crippen molar-refractivity contribution in [2.45, 2.75) is 108 Å². The Kier molecular flexibility index (Phi) is 17.8. The first-order valence-corrected chi connectivity index (χ1v) is 33.2. The molecule has 3 saturated heterocycles. The predicted octanol–water partition coefficient (Wildman–Crippen LogP) is 12.0. The van der Waals surface area contributed by atoms with Gasteiger partial charge in [-0.15, -0.1) is 0 Å². The fraction of sp³-hybridized carbons (Fsp3) is 0.360. The standard InChI is InChI=1S/C27H28FN5O.2C24H24FN5O/c1-17-6-9-24(31-14-17)32(15-18-7-8-18)22-12-19-13-23(22)33(16-19)27(34)20-4-2-5-21(28)25(20)26-29-10-3-11-30-26;1-15-7-8-21(28-13-15)29(2)19-11-16-12-20(19)30(14-16)24(31)17-5-3-6-18(25)22(17)23-26-9-4-10-27-23;1-15-7-8-21(28-13-15)29(2)19-11-16-12-20(19)30(14-16)24(31)22-17(5-3-6-18(22)25)23-26-9-4-10-27-23/h2-6,9-11,14,18-19,22-23H,7-8,12-13,15-16H2,1H3;2*3-10,13,16,19-20H,11-12,14H2,1-2H3. The summed E-state index contributed by atoms with van der Waals surface area (Å²) in [4.78, 5) is 92.6. The summed E-state index contributed by atoms with van der Waals surface area (Å²) in [6.07, 6.45) is 23.6. The monoisotopic (exact) mass is 1290 g/mol. The summed E-state index contributed by atoms with van der Waals surface area (Å²) in [7, 11) is 4.06. The molecule has 490 valence electrons. The van der Waals surface area contributed by atoms with Crippen LogP contribution in [0.25, 0.3) is 34.2 Å². The number of benzene rings is 3. The van der Waals surface area contributed by atoms with Crippen molar-refractivity contribution >= 4 is 35.2 Å². The summed E-state index contributed by atoms with van der Waals surface area (Å²) < 4.78 is 44.6. The number of rotatable bonds is 14. The third-order valence-electron chi connectivity index (χ3n) is 20.5. The quantitative estimate of drug-likeness (QED) is 0.1000. The molecule has 3 aliphatic heterocycles. The van der Waals surface area contributed by atoms with Crippen molar-refractivity contribution in [2.75, 3.05) is 55.0 Å². The molecule has 6 bridgehead atoms. The second-order valence-corrected chi connectivity index (χ2v) is 26.9. The van der Waals surface area contributed by atoms with Crippen LogP contribution in [-0.2, 0) is 0 Å². The van der Waals surface area contributed by atoms with Crippen molar-refractivity contribution in [3.05, 3.63) is 216 Å². The largest absolute Gasteiger partial charge is 0.355 e. The van der Waals surface area contributed by atoms with Crippen molar-refractivity contribution in [1.29, 1.82) is 0 Å². The van der Waals surface area contributed by atoms with E-state index in [2.05, 4.69) is 66.7 Å². The number of aryl methyl sites for hydroxylation is 3. The van der Waals surface area contributed by atoms with Gasteiger partial charge < -0.3 is 29.4 Å². The van der Waals surface area contributed by atoms with Crippen molar-refractivity contribution < 1.29 is 27.6 Å². The molecule has 0 spiro atoms. The lowest BCUT2D eigenvalue weighted by molar-refractivity contribution is 0.0672. The van der Waals surface area contributed by atoms with Gasteiger partial charge in [0.25, 0.3) is 17.7 Å². The molecule has 16 rings (SSSR count). The highest BCUT2D eigenvalue weighted by Crippen LogP contribution is 2.47. The molecule has 6 aromatic heterocycles. The van der Waals surface area contributed by atoms with Gasteiger partial charge in [0.05, 0.1) is 64.1 Å². The number of hydrogen-bond acceptors (Lipinski definition) is 15. The minimum atomic E-state index is -0.539. The average Bonchev–Trinajstić information content (AvgIpc) is 1.59. The van der Waals surface area contributed by atoms with Gasteiger partial charge in [0.1, 0.15) is 34.9 Å². The second kappa shape index (κ2) is 27.0. The van der Waals surface area contributed by atoms with Gasteiger partial charge in [0.2, 0.25) is 0 Å². The first-order valence-electron chi connectivity index (χ1n) is 33.2. The number of pyridine rings is 3. The van der Waals surface area contributed by atoms with E-state index in [0.717, 1.165) is 79.2 Å². The molecular formula is C75H76F3N15O3. The second-order valence-electron chi connectivity index (χ2n) is 26.9. The van der Waals surface area contributed by atoms with E-state index < -0.39 is 17.5 Å². The van der Waals surface area contributed by atoms with Gasteiger partial charge in [-0.25, -0.2) is 58.0 Å². The maximum atomic E-state index is 14.9. The number of aromatic nitrogens is 9. The van der Waals surface area contributed by atoms with E-state index in [1.807, 2.05) is 92.4 Å². The number of hydrogen-bond donors (Lipinski definition) is 0. The van der Waals surface area contributed by atoms with Crippen LogP contribution in [-0.4, -0.2) is 154 Å². The Labute approximate surface area is 556 Å². The van der Waals surface area contributed by atoms with E-state index >= 15 is 0 Å². The number of piperidine rings is 3. The number of carbonyl (C=O) groups excluding carboxylic acids is 3. The van der Waals surface area contributed by atoms with Gasteiger partial charge in [-0.2, -0.15) is 0 Å². The molecule has 9 heterocycles. The average molecular weight is 1290 g/mol. The first kappa shape index (κ1) is 63.3. The van der Waals surface area contributed by atoms with Crippen molar-refractivity contribution in [3.63, 3.8) is 0 Å². The summed E-state index contributed by atoms with van der Waals surface area (Å²) in [6.45, 7) is 9.12. The van der Waals surface area contributed by atoms with Gasteiger partial charge in [0.15, 0.2) is 17.5 Å². The minimum Gasteiger partial charge on any atom is -0.355 e. The van der Waals surface area contributed by atoms with E-state index in [1.54, 1.807) is 91.8 Å². The highest BCUT2D eigenvalue weighted by molar-refractivity contribution is 6.02. The number of likely N-dealkylation sites (N-methyl/N-ethyl adjacent to an activating group) is 2. The van der Waals surface area contributed by atoms with Crippen LogP contribution in [0.15, 0.2) is 165 Å². The fourth-order valence-electron chi connectivity index (χ4n) is 15.7. The molecule has 3 aromatic carbocycles. The maximum absolute atomic E-state index is 14.9. The zero-order chi connectivity index (χ0) is 66.3. The SMILES string of the molecule is Cc1ccc(N(C)C2CC3CC2N(C(=O)c2c(F)cccc2-c2ncccn2)C3)nc1.Cc1ccc(N(C)C2CC3CC2N(C(=O)c2cccc(F)c2-c2ncccn2)C3)nc1.Cc1ccc(N(CC2CC2)C2CC3CC2N(C(=O)c2cccc(F)c2-c2ncccn2)C3)nc1. The summed E-state index contributed by atoms with van der Waals surface area (Å²) in [5.74, 6) is 3.53. The Hall–Kier alpha value is -10.1. The lowest BCUT2D eigenvalue weighted by Gasteiger charge is -2.41. The number of nitrogens with zero attached hydrogens (tertiary/aromatic N) is 15. The van der Waals surface area contributed by atoms with Crippen LogP contribution in [0.4, 0.5) is 30.6 Å². The molecule has 3 amide bonds. The van der Waals surface area contributed by atoms with Crippen LogP contribution in [0.1, 0.15) is 99.1 Å². The molecule has 0 N–H and O–H groups in total. The normalized spacial score (nSPS) is 22.5. The zero-order valence-electron chi connectivity index (χ0n) is 54.4. The summed E-state index contributed by atoms with van der Waals surface area (Å²) in [5.41, 5.74) is 4.84. The third-order valence-corrected chi connectivity index (χ3v) is 20.5. The van der Waals surface area contributed by atoms with E-state index in [4.69, 9.17) is 4.98 Å². The Morgan fingerprint density at radius 2 is 0.812 bits per heavy atom. The van der Waals surface area contributed by atoms with E-state index in [0.29, 0.717) is 65.8 Å². The summed E-state index contributed by atoms with van der Waals surface area (Å²) >= 11 is 0. The summed E-state index contributed by atoms with van der Waals surface area (Å²) in [6, 6.07) is 32.0. The van der Waals surface area contributed by atoms with Crippen LogP contribution in [0.2, 0.25) is 0 Å². The lowest BCUT2D eigenvalue weighted by atomic mass is 10.00. The Morgan fingerprint density at radius 1 is 0.427 bits per heavy atom. The number of anilines is 3. The molecule has 18 nitrogen and oxygen atoms in total. The number of fused-ring (bicyclic) bond motifs is 6. The molecular weight excluding hydrogens is 1220 g/mol. The number of likely N-dealkylation sites (tertiary alicyclic amines) is 3. The molecule has 21 heteroatoms. The Morgan fingerprint density at radius 3 is 1.23 bits per heavy atom. The topological polar surface area (TPSA) is 187 Å². The molecule has 7 aliphatic rings. The van der Waals surface area contributed by atoms with Crippen molar-refractivity contribution in [1.82, 2.24) is 59.6 Å². The Balaban J connectivity index is 0.000000124. The van der Waals surface area contributed by atoms with Gasteiger partial charge in [-0.1, -0.05) is 42.5 Å². The van der Waals surface area contributed by atoms with Crippen LogP contribution < -0.4 is 14.7 Å². The maximum Gasteiger partial charge on any atom is 0.257 e. The van der Waals surface area contributed by atoms with Gasteiger partial charge >= 0.3 is 0 Å².